The average molecular weight is 612 g/mol. The van der Waals surface area contributed by atoms with Crippen molar-refractivity contribution in [2.24, 2.45) is 0 Å². The van der Waals surface area contributed by atoms with E-state index in [0.29, 0.717) is 57.4 Å². The molecule has 11 heteroatoms. The van der Waals surface area contributed by atoms with E-state index in [-0.39, 0.29) is 18.3 Å². The van der Waals surface area contributed by atoms with Crippen LogP contribution >= 0.6 is 24.0 Å². The van der Waals surface area contributed by atoms with Gasteiger partial charge in [0.2, 0.25) is 6.79 Å². The van der Waals surface area contributed by atoms with E-state index < -0.39 is 0 Å². The summed E-state index contributed by atoms with van der Waals surface area (Å²) < 4.78 is 12.9. The zero-order chi connectivity index (χ0) is 29.5. The maximum atomic E-state index is 14.0. The number of amides is 1. The van der Waals surface area contributed by atoms with Crippen molar-refractivity contribution in [1.29, 1.82) is 0 Å². The van der Waals surface area contributed by atoms with Crippen LogP contribution in [0.1, 0.15) is 22.3 Å². The molecular formula is C32H29N5O4S2. The SMILES string of the molecule is Cc1cccn2c(=O)c(/C=C3/SC(=S)N(Cc4ccc5c(c4)OCO5)C3=O)c(N3CCN(Cc4ccccc4)CC3)nc12. The van der Waals surface area contributed by atoms with Crippen molar-refractivity contribution in [3.05, 3.63) is 104 Å². The van der Waals surface area contributed by atoms with Crippen LogP contribution in [0.2, 0.25) is 0 Å². The number of fused-ring (bicyclic) bond motifs is 2. The first-order valence-corrected chi connectivity index (χ1v) is 15.3. The maximum absolute atomic E-state index is 14.0. The Kier molecular flexibility index (Phi) is 7.38. The third-order valence-electron chi connectivity index (χ3n) is 7.91. The van der Waals surface area contributed by atoms with E-state index >= 15 is 0 Å². The van der Waals surface area contributed by atoms with Gasteiger partial charge in [-0.05, 0) is 47.9 Å². The van der Waals surface area contributed by atoms with Crippen molar-refractivity contribution in [3.63, 3.8) is 0 Å². The summed E-state index contributed by atoms with van der Waals surface area (Å²) in [6, 6.07) is 19.8. The first-order chi connectivity index (χ1) is 20.9. The second-order valence-electron chi connectivity index (χ2n) is 10.7. The number of anilines is 1. The van der Waals surface area contributed by atoms with Gasteiger partial charge in [0, 0.05) is 38.9 Å². The van der Waals surface area contributed by atoms with Crippen molar-refractivity contribution in [2.45, 2.75) is 20.0 Å². The van der Waals surface area contributed by atoms with E-state index in [4.69, 9.17) is 26.7 Å². The highest BCUT2D eigenvalue weighted by Crippen LogP contribution is 2.37. The second-order valence-corrected chi connectivity index (χ2v) is 12.4. The van der Waals surface area contributed by atoms with Crippen LogP contribution in [-0.4, -0.2) is 62.4 Å². The quantitative estimate of drug-likeness (QED) is 0.232. The molecule has 3 aliphatic rings. The highest BCUT2D eigenvalue weighted by atomic mass is 32.2. The van der Waals surface area contributed by atoms with Crippen molar-refractivity contribution in [3.8, 4) is 11.5 Å². The molecule has 2 saturated heterocycles. The van der Waals surface area contributed by atoms with Gasteiger partial charge in [-0.15, -0.1) is 0 Å². The third-order valence-corrected chi connectivity index (χ3v) is 9.29. The van der Waals surface area contributed by atoms with Crippen molar-refractivity contribution >= 4 is 51.7 Å². The summed E-state index contributed by atoms with van der Waals surface area (Å²) in [5.41, 5.74) is 3.85. The predicted octanol–water partition coefficient (Wildman–Crippen LogP) is 4.46. The molecule has 0 unspecified atom stereocenters. The minimum Gasteiger partial charge on any atom is -0.454 e. The number of hydrogen-bond acceptors (Lipinski definition) is 9. The molecule has 218 valence electrons. The van der Waals surface area contributed by atoms with E-state index in [0.717, 1.165) is 30.8 Å². The Morgan fingerprint density at radius 1 is 0.930 bits per heavy atom. The van der Waals surface area contributed by atoms with Gasteiger partial charge >= 0.3 is 0 Å². The van der Waals surface area contributed by atoms with E-state index in [1.807, 2.05) is 43.3 Å². The van der Waals surface area contributed by atoms with Crippen molar-refractivity contribution < 1.29 is 14.3 Å². The van der Waals surface area contributed by atoms with E-state index in [1.54, 1.807) is 21.6 Å². The molecule has 3 aliphatic heterocycles. The lowest BCUT2D eigenvalue weighted by atomic mass is 10.1. The molecule has 2 fully saturated rings. The molecular weight excluding hydrogens is 583 g/mol. The number of carbonyl (C=O) groups excluding carboxylic acids is 1. The number of carbonyl (C=O) groups is 1. The summed E-state index contributed by atoms with van der Waals surface area (Å²) >= 11 is 6.82. The number of benzene rings is 2. The summed E-state index contributed by atoms with van der Waals surface area (Å²) in [7, 11) is 0. The lowest BCUT2D eigenvalue weighted by Crippen LogP contribution is -2.47. The predicted molar refractivity (Wildman–Crippen MR) is 171 cm³/mol. The zero-order valence-electron chi connectivity index (χ0n) is 23.6. The first kappa shape index (κ1) is 27.6. The largest absolute Gasteiger partial charge is 0.454 e. The van der Waals surface area contributed by atoms with Gasteiger partial charge in [0.05, 0.1) is 17.0 Å². The topological polar surface area (TPSA) is 79.6 Å². The summed E-state index contributed by atoms with van der Waals surface area (Å²) in [4.78, 5) is 39.1. The van der Waals surface area contributed by atoms with Crippen LogP contribution in [0, 0.1) is 6.92 Å². The number of thioether (sulfide) groups is 1. The summed E-state index contributed by atoms with van der Waals surface area (Å²) in [5.74, 6) is 1.69. The number of aryl methyl sites for hydroxylation is 1. The average Bonchev–Trinajstić information content (AvgIpc) is 3.59. The molecule has 0 saturated carbocycles. The van der Waals surface area contributed by atoms with Crippen LogP contribution in [0.15, 0.2) is 76.6 Å². The Bertz CT molecular complexity index is 1830. The fraction of sp³-hybridized carbons (Fsp3) is 0.250. The summed E-state index contributed by atoms with van der Waals surface area (Å²) in [6.07, 6.45) is 3.40. The first-order valence-electron chi connectivity index (χ1n) is 14.1. The van der Waals surface area contributed by atoms with Crippen LogP contribution in [0.4, 0.5) is 5.82 Å². The van der Waals surface area contributed by atoms with Crippen LogP contribution in [0.5, 0.6) is 11.5 Å². The highest BCUT2D eigenvalue weighted by molar-refractivity contribution is 8.26. The summed E-state index contributed by atoms with van der Waals surface area (Å²) in [6.45, 7) is 6.40. The number of hydrogen-bond donors (Lipinski definition) is 0. The maximum Gasteiger partial charge on any atom is 0.267 e. The lowest BCUT2D eigenvalue weighted by molar-refractivity contribution is -0.122. The number of thiocarbonyl (C=S) groups is 1. The zero-order valence-corrected chi connectivity index (χ0v) is 25.2. The van der Waals surface area contributed by atoms with Gasteiger partial charge in [0.15, 0.2) is 11.5 Å². The molecule has 1 amide bonds. The van der Waals surface area contributed by atoms with E-state index in [9.17, 15) is 9.59 Å². The highest BCUT2D eigenvalue weighted by Gasteiger charge is 2.34. The van der Waals surface area contributed by atoms with E-state index in [1.165, 1.54) is 17.3 Å². The molecule has 5 heterocycles. The second kappa shape index (κ2) is 11.5. The molecule has 0 bridgehead atoms. The molecule has 7 rings (SSSR count). The molecule has 0 atom stereocenters. The monoisotopic (exact) mass is 611 g/mol. The minimum atomic E-state index is -0.236. The fourth-order valence-electron chi connectivity index (χ4n) is 5.62. The standard InChI is InChI=1S/C32H29N5O4S2/c1-21-6-5-11-36-28(21)33-29(35-14-12-34(13-15-35)18-22-7-3-2-4-8-22)24(30(36)38)17-27-31(39)37(32(42)43-27)19-23-9-10-25-26(16-23)41-20-40-25/h2-11,16-17H,12-15,18-20H2,1H3/b27-17+. The van der Waals surface area contributed by atoms with Crippen LogP contribution < -0.4 is 19.9 Å². The van der Waals surface area contributed by atoms with Crippen molar-refractivity contribution in [1.82, 2.24) is 19.2 Å². The number of rotatable bonds is 6. The van der Waals surface area contributed by atoms with Gasteiger partial charge in [0.1, 0.15) is 15.8 Å². The smallest absolute Gasteiger partial charge is 0.267 e. The number of pyridine rings is 1. The molecule has 2 aromatic carbocycles. The number of ether oxygens (including phenoxy) is 2. The third kappa shape index (κ3) is 5.39. The molecule has 4 aromatic rings. The fourth-order valence-corrected chi connectivity index (χ4v) is 6.85. The lowest BCUT2D eigenvalue weighted by Gasteiger charge is -2.36. The van der Waals surface area contributed by atoms with Gasteiger partial charge in [-0.25, -0.2) is 4.98 Å². The summed E-state index contributed by atoms with van der Waals surface area (Å²) in [5, 5.41) is 0. The molecule has 43 heavy (non-hydrogen) atoms. The Morgan fingerprint density at radius 3 is 2.53 bits per heavy atom. The molecule has 0 aliphatic carbocycles. The minimum absolute atomic E-state index is 0.182. The number of piperazine rings is 1. The van der Waals surface area contributed by atoms with Crippen LogP contribution in [0.25, 0.3) is 11.7 Å². The normalized spacial score (nSPS) is 17.9. The number of nitrogens with zero attached hydrogens (tertiary/aromatic N) is 5. The van der Waals surface area contributed by atoms with Gasteiger partial charge in [-0.2, -0.15) is 0 Å². The molecule has 0 N–H and O–H groups in total. The Labute approximate surface area is 258 Å². The Morgan fingerprint density at radius 2 is 1.72 bits per heavy atom. The van der Waals surface area contributed by atoms with Gasteiger partial charge < -0.3 is 14.4 Å². The van der Waals surface area contributed by atoms with Crippen molar-refractivity contribution in [2.75, 3.05) is 37.9 Å². The molecule has 9 nitrogen and oxygen atoms in total. The molecule has 0 spiro atoms. The number of aromatic nitrogens is 2. The van der Waals surface area contributed by atoms with E-state index in [2.05, 4.69) is 34.1 Å². The van der Waals surface area contributed by atoms with Crippen LogP contribution in [-0.2, 0) is 17.9 Å². The molecule has 0 radical (unpaired) electrons. The Balaban J connectivity index is 1.19. The Hall–Kier alpha value is -4.19. The van der Waals surface area contributed by atoms with Gasteiger partial charge in [-0.3, -0.25) is 23.8 Å². The van der Waals surface area contributed by atoms with Gasteiger partial charge in [0.25, 0.3) is 11.5 Å². The van der Waals surface area contributed by atoms with Gasteiger partial charge in [-0.1, -0.05) is 66.4 Å². The van der Waals surface area contributed by atoms with Crippen LogP contribution in [0.3, 0.4) is 0 Å². The molecule has 2 aromatic heterocycles.